The molecule has 0 spiro atoms. The first kappa shape index (κ1) is 13.6. The number of thiophene rings is 1. The van der Waals surface area contributed by atoms with Crippen molar-refractivity contribution in [3.05, 3.63) is 20.8 Å². The van der Waals surface area contributed by atoms with Gasteiger partial charge in [-0.15, -0.1) is 11.3 Å². The molecule has 2 heterocycles. The summed E-state index contributed by atoms with van der Waals surface area (Å²) in [6.45, 7) is 0.913. The molecule has 1 saturated heterocycles. The highest BCUT2D eigenvalue weighted by atomic mass is 79.9. The van der Waals surface area contributed by atoms with Crippen LogP contribution in [0.15, 0.2) is 15.9 Å². The summed E-state index contributed by atoms with van der Waals surface area (Å²) in [6.07, 6.45) is 4.55. The highest BCUT2D eigenvalue weighted by Crippen LogP contribution is 2.29. The maximum atomic E-state index is 12.4. The Bertz CT molecular complexity index is 394. The van der Waals surface area contributed by atoms with Crippen molar-refractivity contribution in [2.45, 2.75) is 31.7 Å². The quantitative estimate of drug-likeness (QED) is 0.713. The van der Waals surface area contributed by atoms with E-state index in [1.54, 1.807) is 0 Å². The first-order valence-corrected chi connectivity index (χ1v) is 8.63. The van der Waals surface area contributed by atoms with Gasteiger partial charge < -0.3 is 4.90 Å². The molecule has 1 atom stereocenters. The van der Waals surface area contributed by atoms with Crippen LogP contribution in [0.1, 0.15) is 35.4 Å². The molecule has 1 unspecified atom stereocenters. The summed E-state index contributed by atoms with van der Waals surface area (Å²) in [7, 11) is 0. The molecule has 0 aromatic carbocycles. The van der Waals surface area contributed by atoms with Gasteiger partial charge >= 0.3 is 0 Å². The topological polar surface area (TPSA) is 20.3 Å². The summed E-state index contributed by atoms with van der Waals surface area (Å²) in [5, 5.41) is 2.98. The van der Waals surface area contributed by atoms with E-state index in [2.05, 4.69) is 36.8 Å². The van der Waals surface area contributed by atoms with Gasteiger partial charge in [-0.25, -0.2) is 0 Å². The van der Waals surface area contributed by atoms with Gasteiger partial charge in [-0.1, -0.05) is 15.9 Å². The maximum absolute atomic E-state index is 12.4. The van der Waals surface area contributed by atoms with Gasteiger partial charge in [-0.2, -0.15) is 0 Å². The lowest BCUT2D eigenvalue weighted by Gasteiger charge is -2.24. The van der Waals surface area contributed by atoms with Crippen LogP contribution in [0.4, 0.5) is 0 Å². The van der Waals surface area contributed by atoms with Crippen LogP contribution in [0.25, 0.3) is 0 Å². The average Bonchev–Trinajstić information content (AvgIpc) is 2.94. The van der Waals surface area contributed by atoms with E-state index in [9.17, 15) is 4.79 Å². The Balaban J connectivity index is 2.06. The molecular formula is C12H15Br2NOS. The molecule has 2 rings (SSSR count). The molecule has 1 aromatic heterocycles. The summed E-state index contributed by atoms with van der Waals surface area (Å²) in [4.78, 5) is 15.3. The summed E-state index contributed by atoms with van der Waals surface area (Å²) in [6, 6.07) is 2.38. The minimum absolute atomic E-state index is 0.198. The second-order valence-corrected chi connectivity index (χ2v) is 6.79. The molecule has 2 nitrogen and oxygen atoms in total. The van der Waals surface area contributed by atoms with Crippen molar-refractivity contribution in [2.24, 2.45) is 0 Å². The monoisotopic (exact) mass is 379 g/mol. The van der Waals surface area contributed by atoms with Gasteiger partial charge in [0, 0.05) is 22.4 Å². The van der Waals surface area contributed by atoms with E-state index < -0.39 is 0 Å². The van der Waals surface area contributed by atoms with Gasteiger partial charge in [0.2, 0.25) is 0 Å². The molecule has 0 radical (unpaired) electrons. The minimum Gasteiger partial charge on any atom is -0.335 e. The predicted octanol–water partition coefficient (Wildman–Crippen LogP) is 4.29. The summed E-state index contributed by atoms with van der Waals surface area (Å²) >= 11 is 8.42. The molecule has 94 valence electrons. The van der Waals surface area contributed by atoms with Crippen molar-refractivity contribution in [3.8, 4) is 0 Å². The lowest BCUT2D eigenvalue weighted by Crippen LogP contribution is -2.35. The van der Waals surface area contributed by atoms with E-state index in [0.29, 0.717) is 6.04 Å². The van der Waals surface area contributed by atoms with Crippen LogP contribution in [0.2, 0.25) is 0 Å². The number of rotatable bonds is 4. The number of amides is 1. The zero-order valence-electron chi connectivity index (χ0n) is 9.49. The molecule has 1 fully saturated rings. The van der Waals surface area contributed by atoms with Crippen molar-refractivity contribution in [3.63, 3.8) is 0 Å². The van der Waals surface area contributed by atoms with Crippen LogP contribution < -0.4 is 0 Å². The van der Waals surface area contributed by atoms with Crippen LogP contribution in [0.3, 0.4) is 0 Å². The predicted molar refractivity (Wildman–Crippen MR) is 79.1 cm³/mol. The number of carbonyl (C=O) groups excluding carboxylic acids is 1. The molecule has 1 amide bonds. The van der Waals surface area contributed by atoms with Crippen LogP contribution in [0.5, 0.6) is 0 Å². The Morgan fingerprint density at radius 3 is 3.06 bits per heavy atom. The van der Waals surface area contributed by atoms with Gasteiger partial charge in [0.25, 0.3) is 5.91 Å². The van der Waals surface area contributed by atoms with E-state index in [0.717, 1.165) is 46.9 Å². The Morgan fingerprint density at radius 2 is 2.41 bits per heavy atom. The van der Waals surface area contributed by atoms with Crippen molar-refractivity contribution in [1.82, 2.24) is 4.90 Å². The first-order chi connectivity index (χ1) is 8.24. The number of alkyl halides is 1. The highest BCUT2D eigenvalue weighted by molar-refractivity contribution is 9.10. The lowest BCUT2D eigenvalue weighted by atomic mass is 10.1. The van der Waals surface area contributed by atoms with E-state index in [1.807, 2.05) is 11.4 Å². The van der Waals surface area contributed by atoms with Gasteiger partial charge in [0.15, 0.2) is 0 Å². The molecule has 1 aliphatic rings. The third kappa shape index (κ3) is 3.12. The fourth-order valence-electron chi connectivity index (χ4n) is 2.29. The van der Waals surface area contributed by atoms with Crippen molar-refractivity contribution in [2.75, 3.05) is 11.9 Å². The fourth-order valence-corrected chi connectivity index (χ4v) is 4.11. The normalized spacial score (nSPS) is 19.9. The number of hydrogen-bond donors (Lipinski definition) is 0. The second-order valence-electron chi connectivity index (χ2n) is 4.22. The molecule has 1 aliphatic heterocycles. The van der Waals surface area contributed by atoms with Gasteiger partial charge in [-0.3, -0.25) is 4.79 Å². The molecule has 17 heavy (non-hydrogen) atoms. The van der Waals surface area contributed by atoms with Gasteiger partial charge in [0.1, 0.15) is 4.88 Å². The van der Waals surface area contributed by atoms with Crippen LogP contribution in [-0.4, -0.2) is 28.7 Å². The molecule has 0 saturated carbocycles. The molecule has 0 bridgehead atoms. The van der Waals surface area contributed by atoms with E-state index in [-0.39, 0.29) is 5.91 Å². The molecule has 0 N–H and O–H groups in total. The molecular weight excluding hydrogens is 366 g/mol. The smallest absolute Gasteiger partial charge is 0.265 e. The minimum atomic E-state index is 0.198. The Morgan fingerprint density at radius 1 is 1.59 bits per heavy atom. The number of hydrogen-bond acceptors (Lipinski definition) is 2. The Hall–Kier alpha value is 0.130. The highest BCUT2D eigenvalue weighted by Gasteiger charge is 2.30. The van der Waals surface area contributed by atoms with Gasteiger partial charge in [-0.05, 0) is 53.1 Å². The van der Waals surface area contributed by atoms with Crippen molar-refractivity contribution in [1.29, 1.82) is 0 Å². The van der Waals surface area contributed by atoms with Crippen LogP contribution in [-0.2, 0) is 0 Å². The first-order valence-electron chi connectivity index (χ1n) is 5.84. The second kappa shape index (κ2) is 6.34. The van der Waals surface area contributed by atoms with Crippen LogP contribution >= 0.6 is 43.2 Å². The molecule has 1 aromatic rings. The van der Waals surface area contributed by atoms with E-state index in [4.69, 9.17) is 0 Å². The Kier molecular flexibility index (Phi) is 5.06. The number of likely N-dealkylation sites (tertiary alicyclic amines) is 1. The summed E-state index contributed by atoms with van der Waals surface area (Å²) < 4.78 is 0.929. The van der Waals surface area contributed by atoms with Gasteiger partial charge in [0.05, 0.1) is 0 Å². The number of carbonyl (C=O) groups is 1. The molecule has 0 aliphatic carbocycles. The average molecular weight is 381 g/mol. The maximum Gasteiger partial charge on any atom is 0.265 e. The standard InChI is InChI=1S/C12H15Br2NOS/c13-6-1-3-9-4-2-7-15(9)12(16)11-10(14)5-8-17-11/h5,8-9H,1-4,6-7H2. The third-order valence-electron chi connectivity index (χ3n) is 3.12. The molecule has 5 heteroatoms. The zero-order valence-corrected chi connectivity index (χ0v) is 13.5. The summed E-state index contributed by atoms with van der Waals surface area (Å²) in [5.74, 6) is 0.198. The van der Waals surface area contributed by atoms with Crippen LogP contribution in [0, 0.1) is 0 Å². The SMILES string of the molecule is O=C(c1sccc1Br)N1CCCC1CCCBr. The lowest BCUT2D eigenvalue weighted by molar-refractivity contribution is 0.0734. The van der Waals surface area contributed by atoms with E-state index in [1.165, 1.54) is 11.3 Å². The number of halogens is 2. The van der Waals surface area contributed by atoms with Crippen molar-refractivity contribution >= 4 is 49.1 Å². The third-order valence-corrected chi connectivity index (χ3v) is 5.51. The zero-order chi connectivity index (χ0) is 12.3. The fraction of sp³-hybridized carbons (Fsp3) is 0.583. The number of nitrogens with zero attached hydrogens (tertiary/aromatic N) is 1. The largest absolute Gasteiger partial charge is 0.335 e. The van der Waals surface area contributed by atoms with Crippen molar-refractivity contribution < 1.29 is 4.79 Å². The van der Waals surface area contributed by atoms with E-state index >= 15 is 0 Å². The summed E-state index contributed by atoms with van der Waals surface area (Å²) in [5.41, 5.74) is 0. The Labute approximate surface area is 123 Å².